The Kier molecular flexibility index (Phi) is 3.24. The van der Waals surface area contributed by atoms with Crippen molar-refractivity contribution in [3.8, 4) is 6.19 Å². The summed E-state index contributed by atoms with van der Waals surface area (Å²) in [4.78, 5) is 11.4. The Morgan fingerprint density at radius 3 is 2.64 bits per heavy atom. The molecule has 72 valence electrons. The third-order valence-corrected chi connectivity index (χ3v) is 2.00. The molecule has 0 bridgehead atoms. The second-order valence-electron chi connectivity index (χ2n) is 3.31. The summed E-state index contributed by atoms with van der Waals surface area (Å²) < 4.78 is 0. The fraction of sp³-hybridized carbons (Fsp3) is 0.273. The maximum Gasteiger partial charge on any atom is 0.264 e. The van der Waals surface area contributed by atoms with Gasteiger partial charge in [0.25, 0.3) is 5.91 Å². The van der Waals surface area contributed by atoms with Crippen LogP contribution in [-0.2, 0) is 0 Å². The fourth-order valence-electron chi connectivity index (χ4n) is 1.33. The molecule has 3 nitrogen and oxygen atoms in total. The Labute approximate surface area is 83.4 Å². The Morgan fingerprint density at radius 1 is 1.43 bits per heavy atom. The van der Waals surface area contributed by atoms with Crippen LogP contribution in [0.15, 0.2) is 24.3 Å². The van der Waals surface area contributed by atoms with E-state index >= 15 is 0 Å². The highest BCUT2D eigenvalue weighted by molar-refractivity contribution is 5.96. The molecule has 3 heteroatoms. The van der Waals surface area contributed by atoms with E-state index in [1.807, 2.05) is 26.0 Å². The molecule has 1 aromatic carbocycles. The van der Waals surface area contributed by atoms with Crippen LogP contribution in [0.3, 0.4) is 0 Å². The molecule has 0 fully saturated rings. The van der Waals surface area contributed by atoms with E-state index < -0.39 is 0 Å². The van der Waals surface area contributed by atoms with Gasteiger partial charge in [0.2, 0.25) is 0 Å². The number of hydrogen-bond acceptors (Lipinski definition) is 2. The van der Waals surface area contributed by atoms with Crippen molar-refractivity contribution in [2.45, 2.75) is 19.8 Å². The number of carbonyl (C=O) groups excluding carboxylic acids is 1. The summed E-state index contributed by atoms with van der Waals surface area (Å²) in [5.41, 5.74) is 1.53. The number of rotatable bonds is 2. The van der Waals surface area contributed by atoms with Crippen LogP contribution >= 0.6 is 0 Å². The largest absolute Gasteiger partial charge is 0.268 e. The Bertz CT molecular complexity index is 377. The Balaban J connectivity index is 3.08. The molecular formula is C11H12N2O. The monoisotopic (exact) mass is 188 g/mol. The van der Waals surface area contributed by atoms with Crippen LogP contribution in [0.25, 0.3) is 0 Å². The summed E-state index contributed by atoms with van der Waals surface area (Å²) in [6, 6.07) is 7.30. The van der Waals surface area contributed by atoms with Gasteiger partial charge in [-0.15, -0.1) is 0 Å². The molecule has 0 unspecified atom stereocenters. The Hall–Kier alpha value is -1.82. The van der Waals surface area contributed by atoms with Crippen molar-refractivity contribution in [1.82, 2.24) is 5.32 Å². The van der Waals surface area contributed by atoms with Crippen LogP contribution in [0.4, 0.5) is 0 Å². The van der Waals surface area contributed by atoms with Crippen molar-refractivity contribution in [1.29, 1.82) is 5.26 Å². The molecule has 0 spiro atoms. The quantitative estimate of drug-likeness (QED) is 0.570. The van der Waals surface area contributed by atoms with Crippen LogP contribution in [0.2, 0.25) is 0 Å². The molecule has 1 aromatic rings. The van der Waals surface area contributed by atoms with E-state index in [0.717, 1.165) is 5.56 Å². The lowest BCUT2D eigenvalue weighted by Gasteiger charge is -2.09. The predicted molar refractivity (Wildman–Crippen MR) is 53.6 cm³/mol. The van der Waals surface area contributed by atoms with Crippen LogP contribution in [0, 0.1) is 11.5 Å². The van der Waals surface area contributed by atoms with Gasteiger partial charge < -0.3 is 0 Å². The van der Waals surface area contributed by atoms with Crippen molar-refractivity contribution in [3.05, 3.63) is 35.4 Å². The molecule has 1 amide bonds. The standard InChI is InChI=1S/C11H12N2O/c1-8(2)9-5-3-4-6-10(9)11(14)13-7-12/h3-6,8H,1-2H3,(H,13,14). The highest BCUT2D eigenvalue weighted by atomic mass is 16.1. The minimum absolute atomic E-state index is 0.274. The summed E-state index contributed by atoms with van der Waals surface area (Å²) in [6.45, 7) is 4.02. The molecule has 1 N–H and O–H groups in total. The summed E-state index contributed by atoms with van der Waals surface area (Å²) >= 11 is 0. The zero-order valence-electron chi connectivity index (χ0n) is 8.24. The van der Waals surface area contributed by atoms with Crippen molar-refractivity contribution in [3.63, 3.8) is 0 Å². The number of hydrogen-bond donors (Lipinski definition) is 1. The van der Waals surface area contributed by atoms with E-state index in [0.29, 0.717) is 5.56 Å². The predicted octanol–water partition coefficient (Wildman–Crippen LogP) is 2.02. The average molecular weight is 188 g/mol. The molecule has 0 saturated heterocycles. The third-order valence-electron chi connectivity index (χ3n) is 2.00. The molecular weight excluding hydrogens is 176 g/mol. The van der Waals surface area contributed by atoms with E-state index in [4.69, 9.17) is 5.26 Å². The SMILES string of the molecule is CC(C)c1ccccc1C(=O)NC#N. The van der Waals surface area contributed by atoms with Crippen LogP contribution in [-0.4, -0.2) is 5.91 Å². The average Bonchev–Trinajstić information content (AvgIpc) is 2.18. The third kappa shape index (κ3) is 2.11. The molecule has 0 radical (unpaired) electrons. The van der Waals surface area contributed by atoms with Gasteiger partial charge >= 0.3 is 0 Å². The van der Waals surface area contributed by atoms with Gasteiger partial charge in [-0.3, -0.25) is 10.1 Å². The molecule has 0 aliphatic heterocycles. The highest BCUT2D eigenvalue weighted by Gasteiger charge is 2.11. The molecule has 0 aliphatic rings. The van der Waals surface area contributed by atoms with Gasteiger partial charge in [-0.05, 0) is 17.5 Å². The molecule has 14 heavy (non-hydrogen) atoms. The van der Waals surface area contributed by atoms with Crippen LogP contribution in [0.5, 0.6) is 0 Å². The van der Waals surface area contributed by atoms with E-state index in [2.05, 4.69) is 5.32 Å². The minimum Gasteiger partial charge on any atom is -0.268 e. The number of carbonyl (C=O) groups is 1. The first-order valence-electron chi connectivity index (χ1n) is 4.45. The number of nitriles is 1. The van der Waals surface area contributed by atoms with Crippen molar-refractivity contribution < 1.29 is 4.79 Å². The lowest BCUT2D eigenvalue weighted by Crippen LogP contribution is -2.19. The number of amides is 1. The first kappa shape index (κ1) is 10.3. The zero-order valence-corrected chi connectivity index (χ0v) is 8.24. The maximum atomic E-state index is 11.4. The van der Waals surface area contributed by atoms with Crippen molar-refractivity contribution >= 4 is 5.91 Å². The first-order chi connectivity index (χ1) is 6.66. The molecule has 0 heterocycles. The summed E-state index contributed by atoms with van der Waals surface area (Å²) in [5.74, 6) is -0.0626. The van der Waals surface area contributed by atoms with Gasteiger partial charge in [-0.2, -0.15) is 5.26 Å². The molecule has 0 aromatic heterocycles. The van der Waals surface area contributed by atoms with E-state index in [1.165, 1.54) is 0 Å². The Morgan fingerprint density at radius 2 is 2.07 bits per heavy atom. The number of nitrogens with zero attached hydrogens (tertiary/aromatic N) is 1. The van der Waals surface area contributed by atoms with Gasteiger partial charge in [0.15, 0.2) is 6.19 Å². The molecule has 1 rings (SSSR count). The number of nitrogens with one attached hydrogen (secondary N) is 1. The van der Waals surface area contributed by atoms with E-state index in [9.17, 15) is 4.79 Å². The first-order valence-corrected chi connectivity index (χ1v) is 4.45. The maximum absolute atomic E-state index is 11.4. The summed E-state index contributed by atoms with van der Waals surface area (Å²) in [5, 5.41) is 10.5. The number of benzene rings is 1. The van der Waals surface area contributed by atoms with Crippen LogP contribution in [0.1, 0.15) is 35.7 Å². The van der Waals surface area contributed by atoms with Gasteiger partial charge in [-0.25, -0.2) is 0 Å². The minimum atomic E-state index is -0.336. The molecule has 0 aliphatic carbocycles. The molecule has 0 saturated carbocycles. The molecule has 0 atom stereocenters. The van der Waals surface area contributed by atoms with Crippen LogP contribution < -0.4 is 5.32 Å². The second kappa shape index (κ2) is 4.43. The summed E-state index contributed by atoms with van der Waals surface area (Å²) in [7, 11) is 0. The highest BCUT2D eigenvalue weighted by Crippen LogP contribution is 2.18. The topological polar surface area (TPSA) is 52.9 Å². The van der Waals surface area contributed by atoms with Crippen molar-refractivity contribution in [2.75, 3.05) is 0 Å². The van der Waals surface area contributed by atoms with Crippen molar-refractivity contribution in [2.24, 2.45) is 0 Å². The van der Waals surface area contributed by atoms with E-state index in [-0.39, 0.29) is 11.8 Å². The van der Waals surface area contributed by atoms with Gasteiger partial charge in [-0.1, -0.05) is 32.0 Å². The second-order valence-corrected chi connectivity index (χ2v) is 3.31. The van der Waals surface area contributed by atoms with E-state index in [1.54, 1.807) is 18.3 Å². The lowest BCUT2D eigenvalue weighted by atomic mass is 9.97. The van der Waals surface area contributed by atoms with Gasteiger partial charge in [0, 0.05) is 5.56 Å². The fourth-order valence-corrected chi connectivity index (χ4v) is 1.33. The smallest absolute Gasteiger partial charge is 0.264 e. The summed E-state index contributed by atoms with van der Waals surface area (Å²) in [6.07, 6.45) is 1.63. The normalized spacial score (nSPS) is 9.57. The van der Waals surface area contributed by atoms with Gasteiger partial charge in [0.1, 0.15) is 0 Å². The zero-order chi connectivity index (χ0) is 10.6. The lowest BCUT2D eigenvalue weighted by molar-refractivity contribution is 0.0971. The van der Waals surface area contributed by atoms with Gasteiger partial charge in [0.05, 0.1) is 0 Å².